The van der Waals surface area contributed by atoms with Gasteiger partial charge in [0.05, 0.1) is 12.2 Å². The van der Waals surface area contributed by atoms with Crippen molar-refractivity contribution in [2.45, 2.75) is 26.1 Å². The van der Waals surface area contributed by atoms with Crippen molar-refractivity contribution in [3.63, 3.8) is 0 Å². The van der Waals surface area contributed by atoms with E-state index in [2.05, 4.69) is 0 Å². The van der Waals surface area contributed by atoms with Crippen LogP contribution < -0.4 is 4.74 Å². The maximum atomic E-state index is 11.8. The van der Waals surface area contributed by atoms with E-state index in [1.54, 1.807) is 0 Å². The molecule has 0 radical (unpaired) electrons. The van der Waals surface area contributed by atoms with Gasteiger partial charge in [-0.3, -0.25) is 4.79 Å². The third kappa shape index (κ3) is 2.72. The van der Waals surface area contributed by atoms with Gasteiger partial charge in [0.25, 0.3) is 0 Å². The van der Waals surface area contributed by atoms with Gasteiger partial charge in [-0.15, -0.1) is 11.6 Å². The molecule has 3 heteroatoms. The first kappa shape index (κ1) is 12.1. The molecule has 0 aromatic heterocycles. The maximum absolute atomic E-state index is 11.8. The van der Waals surface area contributed by atoms with E-state index in [1.807, 2.05) is 32.0 Å². The summed E-state index contributed by atoms with van der Waals surface area (Å²) in [6, 6.07) is 5.52. The fourth-order valence-electron chi connectivity index (χ4n) is 1.46. The predicted octanol–water partition coefficient (Wildman–Crippen LogP) is 3.42. The van der Waals surface area contributed by atoms with Gasteiger partial charge in [0.15, 0.2) is 5.78 Å². The van der Waals surface area contributed by atoms with Gasteiger partial charge in [0.2, 0.25) is 0 Å². The van der Waals surface area contributed by atoms with Crippen LogP contribution in [0.5, 0.6) is 5.75 Å². The van der Waals surface area contributed by atoms with E-state index in [-0.39, 0.29) is 5.78 Å². The Hall–Kier alpha value is -1.02. The Kier molecular flexibility index (Phi) is 4.63. The number of ether oxygens (including phenoxy) is 1. The zero-order chi connectivity index (χ0) is 11.3. The largest absolute Gasteiger partial charge is 0.493 e. The van der Waals surface area contributed by atoms with Crippen LogP contribution in [0.2, 0.25) is 0 Å². The molecule has 0 saturated heterocycles. The number of alkyl halides is 1. The topological polar surface area (TPSA) is 26.3 Å². The lowest BCUT2D eigenvalue weighted by atomic mass is 10.0. The van der Waals surface area contributed by atoms with Crippen molar-refractivity contribution in [3.8, 4) is 5.75 Å². The summed E-state index contributed by atoms with van der Waals surface area (Å²) in [5, 5.41) is 0. The van der Waals surface area contributed by atoms with Crippen LogP contribution in [0.4, 0.5) is 0 Å². The highest BCUT2D eigenvalue weighted by molar-refractivity contribution is 6.18. The molecule has 0 amide bonds. The predicted molar refractivity (Wildman–Crippen MR) is 61.8 cm³/mol. The molecule has 82 valence electrons. The highest BCUT2D eigenvalue weighted by atomic mass is 35.5. The third-order valence-electron chi connectivity index (χ3n) is 2.16. The van der Waals surface area contributed by atoms with Crippen molar-refractivity contribution in [1.29, 1.82) is 0 Å². The summed E-state index contributed by atoms with van der Waals surface area (Å²) in [4.78, 5) is 11.8. The normalized spacial score (nSPS) is 10.1. The van der Waals surface area contributed by atoms with Crippen LogP contribution in [0, 0.1) is 0 Å². The number of halogens is 1. The lowest BCUT2D eigenvalue weighted by Gasteiger charge is -2.11. The minimum absolute atomic E-state index is 0.0784. The first-order valence-corrected chi connectivity index (χ1v) is 5.61. The fraction of sp³-hybridized carbons (Fsp3) is 0.417. The van der Waals surface area contributed by atoms with Crippen molar-refractivity contribution in [2.75, 3.05) is 6.61 Å². The minimum atomic E-state index is 0.0784. The zero-order valence-corrected chi connectivity index (χ0v) is 9.80. The molecule has 0 N–H and O–H groups in total. The number of carbonyl (C=O) groups excluding carboxylic acids is 1. The van der Waals surface area contributed by atoms with Crippen molar-refractivity contribution >= 4 is 17.4 Å². The molecule has 0 aliphatic heterocycles. The van der Waals surface area contributed by atoms with Gasteiger partial charge in [-0.1, -0.05) is 19.1 Å². The van der Waals surface area contributed by atoms with Gasteiger partial charge < -0.3 is 4.74 Å². The molecule has 1 rings (SSSR count). The van der Waals surface area contributed by atoms with Crippen molar-refractivity contribution in [2.24, 2.45) is 0 Å². The van der Waals surface area contributed by atoms with Gasteiger partial charge in [-0.05, 0) is 18.6 Å². The summed E-state index contributed by atoms with van der Waals surface area (Å²) in [5.41, 5.74) is 1.48. The molecule has 1 aromatic carbocycles. The van der Waals surface area contributed by atoms with Gasteiger partial charge in [0.1, 0.15) is 5.75 Å². The standard InChI is InChI=1S/C12H15ClO2/c1-3-10(14)12-9(8-13)6-5-7-11(12)15-4-2/h5-7H,3-4,8H2,1-2H3. The second kappa shape index (κ2) is 5.76. The van der Waals surface area contributed by atoms with Crippen LogP contribution in [-0.2, 0) is 5.88 Å². The summed E-state index contributed by atoms with van der Waals surface area (Å²) < 4.78 is 5.42. The Morgan fingerprint density at radius 3 is 2.67 bits per heavy atom. The molecule has 0 unspecified atom stereocenters. The number of hydrogen-bond acceptors (Lipinski definition) is 2. The second-order valence-corrected chi connectivity index (χ2v) is 3.40. The minimum Gasteiger partial charge on any atom is -0.493 e. The number of carbonyl (C=O) groups is 1. The summed E-state index contributed by atoms with van der Waals surface area (Å²) in [5.74, 6) is 1.05. The van der Waals surface area contributed by atoms with E-state index in [0.717, 1.165) is 5.56 Å². The van der Waals surface area contributed by atoms with Gasteiger partial charge >= 0.3 is 0 Å². The van der Waals surface area contributed by atoms with E-state index in [4.69, 9.17) is 16.3 Å². The Bertz CT molecular complexity index is 347. The van der Waals surface area contributed by atoms with E-state index in [9.17, 15) is 4.79 Å². The molecule has 0 spiro atoms. The van der Waals surface area contributed by atoms with Crippen LogP contribution in [0.15, 0.2) is 18.2 Å². The average Bonchev–Trinajstić information content (AvgIpc) is 2.28. The van der Waals surface area contributed by atoms with Crippen LogP contribution >= 0.6 is 11.6 Å². The van der Waals surface area contributed by atoms with E-state index >= 15 is 0 Å². The molecule has 0 fully saturated rings. The molecule has 0 heterocycles. The van der Waals surface area contributed by atoms with E-state index < -0.39 is 0 Å². The number of benzene rings is 1. The smallest absolute Gasteiger partial charge is 0.166 e. The summed E-state index contributed by atoms with van der Waals surface area (Å²) in [6.07, 6.45) is 0.466. The molecule has 0 saturated carbocycles. The monoisotopic (exact) mass is 226 g/mol. The highest BCUT2D eigenvalue weighted by Gasteiger charge is 2.14. The van der Waals surface area contributed by atoms with Crippen LogP contribution in [-0.4, -0.2) is 12.4 Å². The van der Waals surface area contributed by atoms with Crippen LogP contribution in [0.1, 0.15) is 36.2 Å². The van der Waals surface area contributed by atoms with Crippen molar-refractivity contribution in [1.82, 2.24) is 0 Å². The Morgan fingerprint density at radius 2 is 2.13 bits per heavy atom. The Morgan fingerprint density at radius 1 is 1.40 bits per heavy atom. The molecule has 2 nitrogen and oxygen atoms in total. The maximum Gasteiger partial charge on any atom is 0.166 e. The Balaban J connectivity index is 3.20. The summed E-state index contributed by atoms with van der Waals surface area (Å²) in [6.45, 7) is 4.28. The first-order valence-electron chi connectivity index (χ1n) is 5.08. The third-order valence-corrected chi connectivity index (χ3v) is 2.44. The molecule has 0 bridgehead atoms. The molecular weight excluding hydrogens is 212 g/mol. The van der Waals surface area contributed by atoms with Gasteiger partial charge in [0, 0.05) is 12.3 Å². The van der Waals surface area contributed by atoms with Crippen molar-refractivity contribution in [3.05, 3.63) is 29.3 Å². The first-order chi connectivity index (χ1) is 7.24. The summed E-state index contributed by atoms with van der Waals surface area (Å²) >= 11 is 5.80. The van der Waals surface area contributed by atoms with Gasteiger partial charge in [-0.25, -0.2) is 0 Å². The molecule has 0 aliphatic rings. The quantitative estimate of drug-likeness (QED) is 0.568. The van der Waals surface area contributed by atoms with Crippen LogP contribution in [0.3, 0.4) is 0 Å². The molecule has 15 heavy (non-hydrogen) atoms. The fourth-order valence-corrected chi connectivity index (χ4v) is 1.68. The molecular formula is C12H15ClO2. The lowest BCUT2D eigenvalue weighted by Crippen LogP contribution is -2.06. The average molecular weight is 227 g/mol. The highest BCUT2D eigenvalue weighted by Crippen LogP contribution is 2.25. The molecule has 0 atom stereocenters. The second-order valence-electron chi connectivity index (χ2n) is 3.13. The van der Waals surface area contributed by atoms with Crippen LogP contribution in [0.25, 0.3) is 0 Å². The number of rotatable bonds is 5. The molecule has 1 aromatic rings. The Labute approximate surface area is 95.2 Å². The number of hydrogen-bond donors (Lipinski definition) is 0. The summed E-state index contributed by atoms with van der Waals surface area (Å²) in [7, 11) is 0. The van der Waals surface area contributed by atoms with Crippen molar-refractivity contribution < 1.29 is 9.53 Å². The van der Waals surface area contributed by atoms with Gasteiger partial charge in [-0.2, -0.15) is 0 Å². The van der Waals surface area contributed by atoms with E-state index in [0.29, 0.717) is 30.2 Å². The SMILES string of the molecule is CCOc1cccc(CCl)c1C(=O)CC. The number of ketones is 1. The van der Waals surface area contributed by atoms with E-state index in [1.165, 1.54) is 0 Å². The zero-order valence-electron chi connectivity index (χ0n) is 9.05. The number of Topliss-reactive ketones (excluding diaryl/α,β-unsaturated/α-hetero) is 1. The lowest BCUT2D eigenvalue weighted by molar-refractivity contribution is 0.0983. The molecule has 0 aliphatic carbocycles.